The predicted molar refractivity (Wildman–Crippen MR) is 190 cm³/mol. The normalized spacial score (nSPS) is 34.2. The lowest BCUT2D eigenvalue weighted by molar-refractivity contribution is -0.143. The first-order valence-electron chi connectivity index (χ1n) is 17.1. The predicted octanol–water partition coefficient (Wildman–Crippen LogP) is 5.62. The van der Waals surface area contributed by atoms with Crippen LogP contribution in [0.3, 0.4) is 0 Å². The minimum absolute atomic E-state index is 0.0143. The Morgan fingerprint density at radius 2 is 1.94 bits per heavy atom. The number of rotatable bonds is 2. The highest BCUT2D eigenvalue weighted by Gasteiger charge is 2.49. The Labute approximate surface area is 285 Å². The summed E-state index contributed by atoms with van der Waals surface area (Å²) in [4.78, 5) is 30.7. The molecule has 0 radical (unpaired) electrons. The molecule has 1 fully saturated rings. The molecule has 2 aromatic carbocycles. The molecule has 2 aliphatic heterocycles. The maximum Gasteiger partial charge on any atom is 0.262 e. The molecule has 1 unspecified atom stereocenters. The number of carbonyl (C=O) groups excluding carboxylic acids is 2. The largest absolute Gasteiger partial charge is 0.490 e. The lowest BCUT2D eigenvalue weighted by atomic mass is 9.61. The molecule has 2 amide bonds. The topological polar surface area (TPSA) is 99.2 Å². The lowest BCUT2D eigenvalue weighted by Gasteiger charge is -2.50. The van der Waals surface area contributed by atoms with Gasteiger partial charge >= 0.3 is 0 Å². The minimum atomic E-state index is -2.98. The summed E-state index contributed by atoms with van der Waals surface area (Å²) in [5.74, 6) is 4.30. The number of anilines is 1. The fourth-order valence-corrected chi connectivity index (χ4v) is 10.2. The molecule has 7 atom stereocenters. The number of amides is 2. The Bertz CT molecular complexity index is 1650. The molecule has 2 aromatic rings. The molecule has 2 aliphatic carbocycles. The molecule has 256 valence electrons. The fraction of sp³-hybridized carbons (Fsp3) is 0.595. The van der Waals surface area contributed by atoms with Crippen LogP contribution < -0.4 is 14.4 Å². The van der Waals surface area contributed by atoms with Crippen LogP contribution in [0.4, 0.5) is 5.69 Å². The zero-order valence-electron chi connectivity index (χ0n) is 28.2. The molecule has 1 saturated carbocycles. The van der Waals surface area contributed by atoms with Crippen molar-refractivity contribution in [3.8, 4) is 5.75 Å². The van der Waals surface area contributed by atoms with Gasteiger partial charge in [-0.05, 0) is 117 Å². The van der Waals surface area contributed by atoms with Gasteiger partial charge in [0.05, 0.1) is 34.0 Å². The monoisotopic (exact) mass is 683 g/mol. The van der Waals surface area contributed by atoms with E-state index in [-0.39, 0.29) is 40.7 Å². The maximum absolute atomic E-state index is 13.8. The number of nitrogens with one attached hydrogen (secondary N) is 1. The van der Waals surface area contributed by atoms with Gasteiger partial charge in [0, 0.05) is 48.4 Å². The third-order valence-electron chi connectivity index (χ3n) is 11.8. The molecular formula is C37H50ClN3O5S. The van der Waals surface area contributed by atoms with E-state index in [0.717, 1.165) is 42.8 Å². The Hall–Kier alpha value is -2.75. The van der Waals surface area contributed by atoms with Crippen molar-refractivity contribution >= 4 is 44.7 Å². The van der Waals surface area contributed by atoms with Crippen molar-refractivity contribution in [3.05, 3.63) is 58.1 Å². The van der Waals surface area contributed by atoms with E-state index >= 15 is 0 Å². The number of aliphatic hydroxyl groups is 1. The van der Waals surface area contributed by atoms with E-state index < -0.39 is 21.2 Å². The molecule has 2 heterocycles. The van der Waals surface area contributed by atoms with Gasteiger partial charge in [0.25, 0.3) is 5.91 Å². The number of nitrogens with zero attached hydrogens (tertiary/aromatic N) is 2. The number of hydrogen-bond acceptors (Lipinski definition) is 6. The summed E-state index contributed by atoms with van der Waals surface area (Å²) in [5.41, 5.74) is 2.29. The second-order valence-corrected chi connectivity index (χ2v) is 17.9. The zero-order chi connectivity index (χ0) is 33.7. The van der Waals surface area contributed by atoms with Crippen LogP contribution in [0.5, 0.6) is 5.75 Å². The standard InChI is InChI=1S/C37H50ClN3O5S/c1-24-8-6-17-37(44,20-34(42)40(3)4)31-13-10-28(31)21-41-22-36(16-7-9-26-18-29(38)12-14-30(26)36)23-46-33-15-11-27(19-32(33)41)35(43)39-47(5,45)25(24)2/h11-12,14-15,18-19,24-25,28,31,44H,5-10,13,16-17,20-23H2,1-4H3,(H,39,43,45)/t24-,25+,28-,31+,36-,37-,47?/m0/s1. The van der Waals surface area contributed by atoms with E-state index in [4.69, 9.17) is 16.3 Å². The van der Waals surface area contributed by atoms with Crippen molar-refractivity contribution in [1.82, 2.24) is 9.62 Å². The number of hydrogen-bond donors (Lipinski definition) is 2. The minimum Gasteiger partial charge on any atom is -0.490 e. The van der Waals surface area contributed by atoms with Crippen molar-refractivity contribution in [1.29, 1.82) is 0 Å². The third kappa shape index (κ3) is 6.64. The summed E-state index contributed by atoms with van der Waals surface area (Å²) in [6.45, 7) is 5.72. The van der Waals surface area contributed by atoms with Crippen molar-refractivity contribution < 1.29 is 23.6 Å². The van der Waals surface area contributed by atoms with Crippen LogP contribution in [-0.4, -0.2) is 76.5 Å². The maximum atomic E-state index is 13.8. The number of aryl methyl sites for hydroxylation is 1. The lowest BCUT2D eigenvalue weighted by Crippen LogP contribution is -2.54. The van der Waals surface area contributed by atoms with E-state index in [2.05, 4.69) is 27.6 Å². The third-order valence-corrected chi connectivity index (χ3v) is 14.2. The summed E-state index contributed by atoms with van der Waals surface area (Å²) < 4.78 is 23.2. The van der Waals surface area contributed by atoms with Gasteiger partial charge in [-0.25, -0.2) is 4.21 Å². The number of carbonyl (C=O) groups is 2. The van der Waals surface area contributed by atoms with E-state index in [9.17, 15) is 18.9 Å². The van der Waals surface area contributed by atoms with E-state index in [1.165, 1.54) is 11.1 Å². The van der Waals surface area contributed by atoms with Crippen LogP contribution in [-0.2, 0) is 26.3 Å². The molecule has 2 N–H and O–H groups in total. The van der Waals surface area contributed by atoms with Crippen LogP contribution in [0.1, 0.15) is 86.7 Å². The average molecular weight is 684 g/mol. The van der Waals surface area contributed by atoms with Crippen molar-refractivity contribution in [2.75, 3.05) is 38.7 Å². The van der Waals surface area contributed by atoms with Crippen molar-refractivity contribution in [2.24, 2.45) is 17.8 Å². The quantitative estimate of drug-likeness (QED) is 0.399. The van der Waals surface area contributed by atoms with Crippen LogP contribution >= 0.6 is 11.6 Å². The zero-order valence-corrected chi connectivity index (χ0v) is 29.8. The second kappa shape index (κ2) is 12.9. The van der Waals surface area contributed by atoms with E-state index in [0.29, 0.717) is 50.3 Å². The number of ether oxygens (including phenoxy) is 1. The summed E-state index contributed by atoms with van der Waals surface area (Å²) in [5, 5.41) is 12.7. The smallest absolute Gasteiger partial charge is 0.262 e. The highest BCUT2D eigenvalue weighted by Crippen LogP contribution is 2.49. The first kappa shape index (κ1) is 34.1. The molecule has 4 aliphatic rings. The summed E-state index contributed by atoms with van der Waals surface area (Å²) >= 11 is 6.44. The Morgan fingerprint density at radius 1 is 1.15 bits per heavy atom. The summed E-state index contributed by atoms with van der Waals surface area (Å²) in [6, 6.07) is 11.6. The van der Waals surface area contributed by atoms with Gasteiger partial charge in [-0.1, -0.05) is 31.0 Å². The second-order valence-electron chi connectivity index (χ2n) is 15.0. The van der Waals surface area contributed by atoms with Gasteiger partial charge < -0.3 is 19.6 Å². The van der Waals surface area contributed by atoms with E-state index in [1.54, 1.807) is 25.1 Å². The molecular weight excluding hydrogens is 634 g/mol. The molecule has 10 heteroatoms. The van der Waals surface area contributed by atoms with Crippen LogP contribution in [0, 0.1) is 17.8 Å². The first-order valence-corrected chi connectivity index (χ1v) is 19.3. The molecule has 2 bridgehead atoms. The van der Waals surface area contributed by atoms with Gasteiger partial charge in [0.15, 0.2) is 0 Å². The number of fused-ring (bicyclic) bond motifs is 4. The summed E-state index contributed by atoms with van der Waals surface area (Å²) in [6.07, 6.45) is 6.68. The van der Waals surface area contributed by atoms with E-state index in [1.807, 2.05) is 32.0 Å². The van der Waals surface area contributed by atoms with Gasteiger partial charge in [-0.15, -0.1) is 0 Å². The summed E-state index contributed by atoms with van der Waals surface area (Å²) in [7, 11) is 0.495. The van der Waals surface area contributed by atoms with Crippen LogP contribution in [0.2, 0.25) is 5.02 Å². The Morgan fingerprint density at radius 3 is 2.66 bits per heavy atom. The highest BCUT2D eigenvalue weighted by molar-refractivity contribution is 7.99. The van der Waals surface area contributed by atoms with Crippen LogP contribution in [0.25, 0.3) is 0 Å². The highest BCUT2D eigenvalue weighted by atomic mass is 35.5. The molecule has 0 saturated heterocycles. The number of halogens is 1. The molecule has 8 nitrogen and oxygen atoms in total. The number of benzene rings is 2. The van der Waals surface area contributed by atoms with Crippen molar-refractivity contribution in [3.63, 3.8) is 0 Å². The van der Waals surface area contributed by atoms with Crippen molar-refractivity contribution in [2.45, 2.75) is 87.9 Å². The first-order chi connectivity index (χ1) is 22.2. The average Bonchev–Trinajstić information content (AvgIpc) is 3.14. The van der Waals surface area contributed by atoms with Gasteiger partial charge in [0.2, 0.25) is 5.91 Å². The van der Waals surface area contributed by atoms with Gasteiger partial charge in [-0.2, -0.15) is 0 Å². The Balaban J connectivity index is 1.44. The van der Waals surface area contributed by atoms with Gasteiger partial charge in [0.1, 0.15) is 5.75 Å². The molecule has 1 spiro atoms. The Kier molecular flexibility index (Phi) is 9.39. The fourth-order valence-electron chi connectivity index (χ4n) is 8.51. The molecule has 6 rings (SSSR count). The van der Waals surface area contributed by atoms with Gasteiger partial charge in [-0.3, -0.25) is 14.3 Å². The SMILES string of the molecule is C=S1(=O)NC(=O)c2ccc3c(c2)N(C[C@@H]2CC[C@H]2[C@@](O)(CC(=O)N(C)C)CCC[C@H](C)[C@H]1C)C[C@@]1(CCCc2cc(Cl)ccc21)CO3. The molecule has 0 aromatic heterocycles. The van der Waals surface area contributed by atoms with Crippen LogP contribution in [0.15, 0.2) is 36.4 Å². The molecule has 47 heavy (non-hydrogen) atoms.